The Morgan fingerprint density at radius 2 is 1.71 bits per heavy atom. The van der Waals surface area contributed by atoms with Crippen LogP contribution in [0.2, 0.25) is 0 Å². The zero-order valence-corrected chi connectivity index (χ0v) is 17.9. The molecule has 0 aliphatic rings. The van der Waals surface area contributed by atoms with Crippen LogP contribution in [-0.4, -0.2) is 38.5 Å². The standard InChI is InChI=1S/C25H26N4O2/c1-19-12-14-28(15-13-20-8-4-3-5-9-20)25(31)23(19)24(30)27(2)16-17-29-18-26-21-10-6-7-11-22(21)29/h3-12,14,18H,13,15-17H2,1-2H3. The summed E-state index contributed by atoms with van der Waals surface area (Å²) in [6.07, 6.45) is 4.29. The zero-order valence-electron chi connectivity index (χ0n) is 17.9. The molecule has 0 atom stereocenters. The second kappa shape index (κ2) is 9.00. The van der Waals surface area contributed by atoms with Gasteiger partial charge in [-0.2, -0.15) is 0 Å². The van der Waals surface area contributed by atoms with Crippen LogP contribution in [0.25, 0.3) is 11.0 Å². The summed E-state index contributed by atoms with van der Waals surface area (Å²) in [6, 6.07) is 19.8. The first-order valence-corrected chi connectivity index (χ1v) is 10.4. The molecule has 0 saturated heterocycles. The van der Waals surface area contributed by atoms with Crippen molar-refractivity contribution in [3.63, 3.8) is 0 Å². The van der Waals surface area contributed by atoms with Crippen LogP contribution in [0.4, 0.5) is 0 Å². The smallest absolute Gasteiger partial charge is 0.263 e. The topological polar surface area (TPSA) is 60.1 Å². The average Bonchev–Trinajstić information content (AvgIpc) is 3.20. The molecule has 2 aromatic heterocycles. The molecule has 0 saturated carbocycles. The highest BCUT2D eigenvalue weighted by Crippen LogP contribution is 2.12. The predicted octanol–water partition coefficient (Wildman–Crippen LogP) is 3.52. The molecule has 0 aliphatic carbocycles. The van der Waals surface area contributed by atoms with E-state index in [9.17, 15) is 9.59 Å². The largest absolute Gasteiger partial charge is 0.340 e. The maximum Gasteiger partial charge on any atom is 0.263 e. The monoisotopic (exact) mass is 414 g/mol. The summed E-state index contributed by atoms with van der Waals surface area (Å²) < 4.78 is 3.65. The Morgan fingerprint density at radius 3 is 2.52 bits per heavy atom. The molecule has 0 radical (unpaired) electrons. The molecule has 0 bridgehead atoms. The van der Waals surface area contributed by atoms with Gasteiger partial charge in [-0.05, 0) is 42.7 Å². The number of imidazole rings is 1. The van der Waals surface area contributed by atoms with Crippen LogP contribution in [0.1, 0.15) is 21.5 Å². The van der Waals surface area contributed by atoms with E-state index in [1.54, 1.807) is 29.0 Å². The molecule has 6 nitrogen and oxygen atoms in total. The van der Waals surface area contributed by atoms with Gasteiger partial charge in [0.2, 0.25) is 0 Å². The first-order chi connectivity index (χ1) is 15.0. The second-order valence-electron chi connectivity index (χ2n) is 7.76. The number of amides is 1. The molecule has 0 N–H and O–H groups in total. The second-order valence-corrected chi connectivity index (χ2v) is 7.76. The number of fused-ring (bicyclic) bond motifs is 1. The minimum absolute atomic E-state index is 0.235. The van der Waals surface area contributed by atoms with Crippen molar-refractivity contribution in [2.24, 2.45) is 0 Å². The molecule has 4 aromatic rings. The average molecular weight is 415 g/mol. The van der Waals surface area contributed by atoms with E-state index in [2.05, 4.69) is 4.98 Å². The summed E-state index contributed by atoms with van der Waals surface area (Å²) in [6.45, 7) is 3.44. The third kappa shape index (κ3) is 4.43. The summed E-state index contributed by atoms with van der Waals surface area (Å²) in [5, 5.41) is 0. The maximum absolute atomic E-state index is 13.1. The van der Waals surface area contributed by atoms with Crippen LogP contribution < -0.4 is 5.56 Å². The van der Waals surface area contributed by atoms with Crippen molar-refractivity contribution < 1.29 is 4.79 Å². The number of likely N-dealkylation sites (N-methyl/N-ethyl adjacent to an activating group) is 1. The molecule has 31 heavy (non-hydrogen) atoms. The third-order valence-corrected chi connectivity index (χ3v) is 5.62. The quantitative estimate of drug-likeness (QED) is 0.465. The lowest BCUT2D eigenvalue weighted by Gasteiger charge is -2.19. The number of carbonyl (C=O) groups excluding carboxylic acids is 1. The molecule has 0 fully saturated rings. The van der Waals surface area contributed by atoms with Crippen LogP contribution in [0.15, 0.2) is 78.0 Å². The van der Waals surface area contributed by atoms with Crippen molar-refractivity contribution in [1.29, 1.82) is 0 Å². The Labute approximate surface area is 181 Å². The van der Waals surface area contributed by atoms with E-state index in [1.165, 1.54) is 0 Å². The van der Waals surface area contributed by atoms with Gasteiger partial charge in [-0.15, -0.1) is 0 Å². The molecule has 0 unspecified atom stereocenters. The van der Waals surface area contributed by atoms with Gasteiger partial charge in [0.05, 0.1) is 17.4 Å². The third-order valence-electron chi connectivity index (χ3n) is 5.62. The minimum Gasteiger partial charge on any atom is -0.340 e. The van der Waals surface area contributed by atoms with Crippen molar-refractivity contribution >= 4 is 16.9 Å². The van der Waals surface area contributed by atoms with Gasteiger partial charge in [-0.25, -0.2) is 4.98 Å². The number of nitrogens with zero attached hydrogens (tertiary/aromatic N) is 4. The van der Waals surface area contributed by atoms with E-state index in [0.29, 0.717) is 25.2 Å². The zero-order chi connectivity index (χ0) is 21.8. The molecule has 4 rings (SSSR count). The Bertz CT molecular complexity index is 1260. The number of rotatable bonds is 7. The van der Waals surface area contributed by atoms with Crippen molar-refractivity contribution in [1.82, 2.24) is 19.0 Å². The van der Waals surface area contributed by atoms with Crippen LogP contribution in [0.5, 0.6) is 0 Å². The van der Waals surface area contributed by atoms with Gasteiger partial charge in [0.25, 0.3) is 11.5 Å². The van der Waals surface area contributed by atoms with Gasteiger partial charge in [0.1, 0.15) is 5.56 Å². The van der Waals surface area contributed by atoms with E-state index in [0.717, 1.165) is 23.0 Å². The van der Waals surface area contributed by atoms with Gasteiger partial charge in [-0.3, -0.25) is 9.59 Å². The van der Waals surface area contributed by atoms with Crippen molar-refractivity contribution in [3.8, 4) is 0 Å². The molecule has 0 spiro atoms. The summed E-state index contributed by atoms with van der Waals surface area (Å²) in [7, 11) is 1.74. The Hall–Kier alpha value is -3.67. The number of aryl methyl sites for hydroxylation is 3. The number of pyridine rings is 1. The fraction of sp³-hybridized carbons (Fsp3) is 0.240. The van der Waals surface area contributed by atoms with Crippen molar-refractivity contribution in [3.05, 3.63) is 100 Å². The lowest BCUT2D eigenvalue weighted by atomic mass is 10.1. The lowest BCUT2D eigenvalue weighted by Crippen LogP contribution is -2.37. The van der Waals surface area contributed by atoms with Gasteiger partial charge < -0.3 is 14.0 Å². The summed E-state index contributed by atoms with van der Waals surface area (Å²) >= 11 is 0. The number of hydrogen-bond donors (Lipinski definition) is 0. The van der Waals surface area contributed by atoms with Gasteiger partial charge in [-0.1, -0.05) is 42.5 Å². The number of hydrogen-bond acceptors (Lipinski definition) is 3. The summed E-state index contributed by atoms with van der Waals surface area (Å²) in [5.74, 6) is -0.249. The van der Waals surface area contributed by atoms with Gasteiger partial charge in [0.15, 0.2) is 0 Å². The SMILES string of the molecule is Cc1ccn(CCc2ccccc2)c(=O)c1C(=O)N(C)CCn1cnc2ccccc21. The molecule has 2 aromatic carbocycles. The van der Waals surface area contributed by atoms with E-state index in [-0.39, 0.29) is 17.0 Å². The molecule has 1 amide bonds. The fourth-order valence-electron chi connectivity index (χ4n) is 3.73. The Morgan fingerprint density at radius 1 is 0.968 bits per heavy atom. The predicted molar refractivity (Wildman–Crippen MR) is 122 cm³/mol. The highest BCUT2D eigenvalue weighted by molar-refractivity contribution is 5.95. The molecule has 0 aliphatic heterocycles. The van der Waals surface area contributed by atoms with Crippen molar-refractivity contribution in [2.45, 2.75) is 26.4 Å². The highest BCUT2D eigenvalue weighted by Gasteiger charge is 2.19. The van der Waals surface area contributed by atoms with E-state index < -0.39 is 0 Å². The summed E-state index contributed by atoms with van der Waals surface area (Å²) in [5.41, 5.74) is 3.83. The Kier molecular flexibility index (Phi) is 5.98. The first-order valence-electron chi connectivity index (χ1n) is 10.4. The van der Waals surface area contributed by atoms with E-state index in [1.807, 2.05) is 72.2 Å². The fourth-order valence-corrected chi connectivity index (χ4v) is 3.73. The van der Waals surface area contributed by atoms with E-state index >= 15 is 0 Å². The normalized spacial score (nSPS) is 11.0. The Balaban J connectivity index is 1.48. The molecule has 158 valence electrons. The van der Waals surface area contributed by atoms with Crippen molar-refractivity contribution in [2.75, 3.05) is 13.6 Å². The number of benzene rings is 2. The summed E-state index contributed by atoms with van der Waals surface area (Å²) in [4.78, 5) is 32.2. The molecule has 2 heterocycles. The number of para-hydroxylation sites is 2. The van der Waals surface area contributed by atoms with Gasteiger partial charge >= 0.3 is 0 Å². The molecular formula is C25H26N4O2. The van der Waals surface area contributed by atoms with Crippen LogP contribution in [0, 0.1) is 6.92 Å². The maximum atomic E-state index is 13.1. The molecule has 6 heteroatoms. The van der Waals surface area contributed by atoms with E-state index in [4.69, 9.17) is 0 Å². The van der Waals surface area contributed by atoms with Crippen LogP contribution in [-0.2, 0) is 19.5 Å². The molecular weight excluding hydrogens is 388 g/mol. The van der Waals surface area contributed by atoms with Gasteiger partial charge in [0, 0.05) is 32.9 Å². The highest BCUT2D eigenvalue weighted by atomic mass is 16.2. The van der Waals surface area contributed by atoms with Crippen LogP contribution >= 0.6 is 0 Å². The number of aromatic nitrogens is 3. The number of carbonyl (C=O) groups is 1. The lowest BCUT2D eigenvalue weighted by molar-refractivity contribution is 0.0787. The van der Waals surface area contributed by atoms with Crippen LogP contribution in [0.3, 0.4) is 0 Å². The minimum atomic E-state index is -0.249. The first kappa shape index (κ1) is 20.6.